The lowest BCUT2D eigenvalue weighted by molar-refractivity contribution is -0.131. The zero-order valence-corrected chi connectivity index (χ0v) is 18.5. The van der Waals surface area contributed by atoms with Gasteiger partial charge in [-0.1, -0.05) is 27.7 Å². The van der Waals surface area contributed by atoms with Crippen molar-refractivity contribution in [3.63, 3.8) is 0 Å². The van der Waals surface area contributed by atoms with Crippen LogP contribution in [0, 0.1) is 10.8 Å². The number of rotatable bonds is 14. The number of hydrogen-bond donors (Lipinski definition) is 4. The maximum atomic E-state index is 12.1. The summed E-state index contributed by atoms with van der Waals surface area (Å²) in [4.78, 5) is 22.9. The lowest BCUT2D eigenvalue weighted by Crippen LogP contribution is -2.47. The van der Waals surface area contributed by atoms with E-state index in [0.717, 1.165) is 0 Å². The number of primary amides is 2. The summed E-state index contributed by atoms with van der Waals surface area (Å²) in [5, 5.41) is 18.5. The van der Waals surface area contributed by atoms with E-state index in [-0.39, 0.29) is 0 Å². The lowest BCUT2D eigenvalue weighted by Gasteiger charge is -2.29. The third kappa shape index (κ3) is 8.92. The molecule has 12 nitrogen and oxygen atoms in total. The second-order valence-electron chi connectivity index (χ2n) is 7.93. The van der Waals surface area contributed by atoms with Crippen LogP contribution in [-0.2, 0) is 38.2 Å². The highest BCUT2D eigenvalue weighted by molar-refractivity contribution is 7.87. The molecule has 0 saturated heterocycles. The number of carbonyl (C=O) groups excluding carboxylic acids is 2. The van der Waals surface area contributed by atoms with Gasteiger partial charge in [0.25, 0.3) is 20.2 Å². The quantitative estimate of drug-likeness (QED) is 0.205. The molecular formula is C15H30N2O10S2. The Morgan fingerprint density at radius 3 is 1.28 bits per heavy atom. The Morgan fingerprint density at radius 2 is 1.07 bits per heavy atom. The highest BCUT2D eigenvalue weighted by atomic mass is 32.2. The van der Waals surface area contributed by atoms with Gasteiger partial charge in [-0.2, -0.15) is 16.8 Å². The van der Waals surface area contributed by atoms with E-state index in [1.54, 1.807) is 0 Å². The Labute approximate surface area is 170 Å². The van der Waals surface area contributed by atoms with Gasteiger partial charge in [-0.3, -0.25) is 18.0 Å². The lowest BCUT2D eigenvalue weighted by atomic mass is 9.87. The Bertz CT molecular complexity index is 724. The second-order valence-corrected chi connectivity index (χ2v) is 11.4. The standard InChI is InChI=1S/C15H30N2O10S2/c1-14(2,8-18)10(12(16)20)26-28(22,23)6-5-7-29(24,25)27-11(13(17)21)15(3,4)9-19/h10-11,18-19H,5-9H2,1-4H3,(H2,16,20)(H2,17,21)/t10-,11-/m0/s1. The van der Waals surface area contributed by atoms with Gasteiger partial charge in [0.2, 0.25) is 11.8 Å². The molecule has 0 rings (SSSR count). The van der Waals surface area contributed by atoms with Crippen LogP contribution in [0.2, 0.25) is 0 Å². The molecule has 0 bridgehead atoms. The molecule has 14 heteroatoms. The smallest absolute Gasteiger partial charge is 0.268 e. The van der Waals surface area contributed by atoms with Crippen molar-refractivity contribution in [2.24, 2.45) is 22.3 Å². The van der Waals surface area contributed by atoms with Crippen molar-refractivity contribution >= 4 is 32.1 Å². The number of aliphatic hydroxyl groups is 2. The molecule has 0 unspecified atom stereocenters. The highest BCUT2D eigenvalue weighted by Gasteiger charge is 2.39. The molecule has 6 N–H and O–H groups in total. The third-order valence-electron chi connectivity index (χ3n) is 4.03. The van der Waals surface area contributed by atoms with E-state index in [1.807, 2.05) is 0 Å². The van der Waals surface area contributed by atoms with Crippen molar-refractivity contribution in [3.05, 3.63) is 0 Å². The molecule has 0 aromatic heterocycles. The van der Waals surface area contributed by atoms with E-state index in [4.69, 9.17) is 19.8 Å². The van der Waals surface area contributed by atoms with Gasteiger partial charge in [0.15, 0.2) is 12.2 Å². The van der Waals surface area contributed by atoms with E-state index >= 15 is 0 Å². The maximum absolute atomic E-state index is 12.1. The number of aliphatic hydroxyl groups excluding tert-OH is 2. The third-order valence-corrected chi connectivity index (χ3v) is 6.57. The predicted molar refractivity (Wildman–Crippen MR) is 102 cm³/mol. The topological polar surface area (TPSA) is 213 Å². The van der Waals surface area contributed by atoms with E-state index in [0.29, 0.717) is 0 Å². The summed E-state index contributed by atoms with van der Waals surface area (Å²) in [7, 11) is -8.77. The van der Waals surface area contributed by atoms with Crippen LogP contribution < -0.4 is 11.5 Å². The van der Waals surface area contributed by atoms with E-state index in [2.05, 4.69) is 0 Å². The van der Waals surface area contributed by atoms with Crippen LogP contribution in [-0.4, -0.2) is 75.8 Å². The molecule has 2 atom stereocenters. The first-order valence-electron chi connectivity index (χ1n) is 8.53. The average molecular weight is 463 g/mol. The minimum absolute atomic E-state index is 0.485. The van der Waals surface area contributed by atoms with Gasteiger partial charge in [0.1, 0.15) is 0 Å². The normalized spacial score (nSPS) is 15.7. The second kappa shape index (κ2) is 10.1. The molecule has 0 aliphatic carbocycles. The van der Waals surface area contributed by atoms with Gasteiger partial charge in [0, 0.05) is 10.8 Å². The van der Waals surface area contributed by atoms with Crippen LogP contribution in [0.5, 0.6) is 0 Å². The molecule has 0 aliphatic heterocycles. The number of hydrogen-bond acceptors (Lipinski definition) is 10. The van der Waals surface area contributed by atoms with Gasteiger partial charge in [-0.05, 0) is 6.42 Å². The molecule has 2 amide bonds. The van der Waals surface area contributed by atoms with Gasteiger partial charge in [-0.25, -0.2) is 0 Å². The van der Waals surface area contributed by atoms with Crippen molar-refractivity contribution in [1.82, 2.24) is 0 Å². The first-order valence-corrected chi connectivity index (χ1v) is 11.7. The maximum Gasteiger partial charge on any atom is 0.268 e. The van der Waals surface area contributed by atoms with Crippen molar-refractivity contribution in [2.75, 3.05) is 24.7 Å². The minimum Gasteiger partial charge on any atom is -0.396 e. The van der Waals surface area contributed by atoms with Gasteiger partial charge in [-0.15, -0.1) is 0 Å². The van der Waals surface area contributed by atoms with Gasteiger partial charge >= 0.3 is 0 Å². The molecule has 0 aromatic carbocycles. The van der Waals surface area contributed by atoms with Gasteiger partial charge in [0.05, 0.1) is 24.7 Å². The van der Waals surface area contributed by atoms with Crippen LogP contribution in [0.3, 0.4) is 0 Å². The average Bonchev–Trinajstić information content (AvgIpc) is 2.56. The monoisotopic (exact) mass is 462 g/mol. The minimum atomic E-state index is -4.38. The van der Waals surface area contributed by atoms with E-state index in [1.165, 1.54) is 27.7 Å². The molecule has 172 valence electrons. The Hall–Kier alpha value is -1.32. The van der Waals surface area contributed by atoms with E-state index < -0.39 is 86.2 Å². The van der Waals surface area contributed by atoms with Gasteiger partial charge < -0.3 is 21.7 Å². The Balaban J connectivity index is 5.11. The molecule has 0 fully saturated rings. The van der Waals surface area contributed by atoms with Crippen LogP contribution in [0.25, 0.3) is 0 Å². The highest BCUT2D eigenvalue weighted by Crippen LogP contribution is 2.26. The molecule has 0 aliphatic rings. The molecule has 0 spiro atoms. The predicted octanol–water partition coefficient (Wildman–Crippen LogP) is -2.19. The fourth-order valence-electron chi connectivity index (χ4n) is 2.09. The first kappa shape index (κ1) is 27.7. The van der Waals surface area contributed by atoms with Crippen LogP contribution >= 0.6 is 0 Å². The number of carbonyl (C=O) groups is 2. The molecule has 29 heavy (non-hydrogen) atoms. The van der Waals surface area contributed by atoms with E-state index in [9.17, 15) is 36.6 Å². The van der Waals surface area contributed by atoms with Crippen LogP contribution in [0.4, 0.5) is 0 Å². The molecule has 0 aromatic rings. The molecule has 0 saturated carbocycles. The summed E-state index contributed by atoms with van der Waals surface area (Å²) in [6, 6.07) is 0. The zero-order chi connectivity index (χ0) is 23.3. The first-order chi connectivity index (χ1) is 12.9. The van der Waals surface area contributed by atoms with Crippen molar-refractivity contribution in [2.45, 2.75) is 46.3 Å². The zero-order valence-electron chi connectivity index (χ0n) is 16.8. The molecule has 0 radical (unpaired) electrons. The molecular weight excluding hydrogens is 432 g/mol. The summed E-state index contributed by atoms with van der Waals surface area (Å²) in [5.74, 6) is -3.82. The van der Waals surface area contributed by atoms with Crippen LogP contribution in [0.15, 0.2) is 0 Å². The summed E-state index contributed by atoms with van der Waals surface area (Å²) >= 11 is 0. The Morgan fingerprint density at radius 1 is 0.793 bits per heavy atom. The number of nitrogens with two attached hydrogens (primary N) is 2. The summed E-state index contributed by atoms with van der Waals surface area (Å²) in [6.45, 7) is 4.28. The van der Waals surface area contributed by atoms with Crippen molar-refractivity contribution < 1.29 is 45.0 Å². The SMILES string of the molecule is CC(C)(CO)[C@@H](OS(=O)(=O)CCCS(=O)(=O)O[C@@H](C(N)=O)C(C)(C)CO)C(N)=O. The fourth-order valence-corrected chi connectivity index (χ4v) is 4.76. The summed E-state index contributed by atoms with van der Waals surface area (Å²) in [6.07, 6.45) is -3.80. The number of amides is 2. The van der Waals surface area contributed by atoms with Crippen LogP contribution in [0.1, 0.15) is 34.1 Å². The van der Waals surface area contributed by atoms with Crippen molar-refractivity contribution in [3.8, 4) is 0 Å². The summed E-state index contributed by atoms with van der Waals surface area (Å²) < 4.78 is 57.8. The molecule has 0 heterocycles. The van der Waals surface area contributed by atoms with Crippen molar-refractivity contribution in [1.29, 1.82) is 0 Å². The Kier molecular flexibility index (Phi) is 9.67. The summed E-state index contributed by atoms with van der Waals surface area (Å²) in [5.41, 5.74) is 7.66. The fraction of sp³-hybridized carbons (Fsp3) is 0.867. The largest absolute Gasteiger partial charge is 0.396 e.